The molecule has 0 aromatic carbocycles. The second-order valence-electron chi connectivity index (χ2n) is 3.32. The topological polar surface area (TPSA) is 131 Å². The first-order chi connectivity index (χ1) is 8.28. The Labute approximate surface area is 106 Å². The number of rotatable bonds is 6. The average Bonchev–Trinajstić information content (AvgIpc) is 2.29. The second-order valence-corrected chi connectivity index (χ2v) is 7.05. The van der Waals surface area contributed by atoms with Crippen LogP contribution < -0.4 is 15.2 Å². The predicted octanol–water partition coefficient (Wildman–Crippen LogP) is -1.51. The lowest BCUT2D eigenvalue weighted by atomic mass is 10.4. The summed E-state index contributed by atoms with van der Waals surface area (Å²) in [6.07, 6.45) is 1.29. The molecule has 0 unspecified atom stereocenters. The van der Waals surface area contributed by atoms with Crippen LogP contribution in [0.5, 0.6) is 0 Å². The van der Waals surface area contributed by atoms with E-state index >= 15 is 0 Å². The Kier molecular flexibility index (Phi) is 4.62. The summed E-state index contributed by atoms with van der Waals surface area (Å²) in [4.78, 5) is 3.64. The lowest BCUT2D eigenvalue weighted by molar-refractivity contribution is 0.576. The van der Waals surface area contributed by atoms with Crippen LogP contribution in [0.15, 0.2) is 23.4 Å². The maximum absolute atomic E-state index is 11.8. The van der Waals surface area contributed by atoms with Crippen molar-refractivity contribution in [1.29, 1.82) is 0 Å². The molecule has 0 amide bonds. The average molecular weight is 294 g/mol. The number of nitrogen functional groups attached to an aromatic ring is 1. The molecule has 0 aliphatic heterocycles. The van der Waals surface area contributed by atoms with E-state index in [0.29, 0.717) is 0 Å². The normalized spacial score (nSPS) is 12.5. The Hall–Kier alpha value is -1.23. The van der Waals surface area contributed by atoms with E-state index in [2.05, 4.69) is 14.4 Å². The van der Waals surface area contributed by atoms with Gasteiger partial charge in [-0.25, -0.2) is 31.3 Å². The summed E-state index contributed by atoms with van der Waals surface area (Å²) < 4.78 is 49.9. The summed E-state index contributed by atoms with van der Waals surface area (Å²) in [5, 5.41) is -0.313. The smallest absolute Gasteiger partial charge is 0.260 e. The number of nitrogens with zero attached hydrogens (tertiary/aromatic N) is 1. The van der Waals surface area contributed by atoms with Gasteiger partial charge < -0.3 is 5.73 Å². The van der Waals surface area contributed by atoms with E-state index < -0.39 is 20.0 Å². The Morgan fingerprint density at radius 1 is 1.33 bits per heavy atom. The Balaban J connectivity index is 2.76. The van der Waals surface area contributed by atoms with Gasteiger partial charge >= 0.3 is 0 Å². The minimum absolute atomic E-state index is 0.00136. The Bertz CT molecular complexity index is 612. The molecule has 0 aliphatic carbocycles. The van der Waals surface area contributed by atoms with Crippen LogP contribution in [-0.4, -0.2) is 41.2 Å². The molecule has 4 N–H and O–H groups in total. The van der Waals surface area contributed by atoms with Crippen LogP contribution in [0.4, 0.5) is 5.69 Å². The highest BCUT2D eigenvalue weighted by Crippen LogP contribution is 2.12. The lowest BCUT2D eigenvalue weighted by Gasteiger charge is -2.07. The zero-order valence-corrected chi connectivity index (χ0v) is 11.3. The van der Waals surface area contributed by atoms with E-state index in [1.54, 1.807) is 0 Å². The maximum Gasteiger partial charge on any atom is 0.260 e. The third-order valence-corrected chi connectivity index (χ3v) is 4.83. The lowest BCUT2D eigenvalue weighted by Crippen LogP contribution is -2.33. The number of sulfonamides is 2. The van der Waals surface area contributed by atoms with Gasteiger partial charge in [0.15, 0.2) is 5.03 Å². The number of nitrogens with one attached hydrogen (secondary N) is 2. The van der Waals surface area contributed by atoms with Gasteiger partial charge in [-0.05, 0) is 19.2 Å². The molecule has 0 atom stereocenters. The van der Waals surface area contributed by atoms with E-state index in [-0.39, 0.29) is 23.0 Å². The minimum atomic E-state index is -3.90. The van der Waals surface area contributed by atoms with Gasteiger partial charge in [0, 0.05) is 12.7 Å². The summed E-state index contributed by atoms with van der Waals surface area (Å²) in [5.41, 5.74) is 5.48. The van der Waals surface area contributed by atoms with Crippen molar-refractivity contribution in [3.63, 3.8) is 0 Å². The van der Waals surface area contributed by atoms with Crippen molar-refractivity contribution >= 4 is 25.7 Å². The number of hydrogen-bond acceptors (Lipinski definition) is 6. The Morgan fingerprint density at radius 3 is 2.56 bits per heavy atom. The van der Waals surface area contributed by atoms with E-state index in [4.69, 9.17) is 5.73 Å². The molecule has 1 aromatic rings. The first-order valence-electron chi connectivity index (χ1n) is 4.90. The minimum Gasteiger partial charge on any atom is -0.396 e. The highest BCUT2D eigenvalue weighted by atomic mass is 32.2. The van der Waals surface area contributed by atoms with Gasteiger partial charge in [0.2, 0.25) is 10.0 Å². The molecular weight excluding hydrogens is 280 g/mol. The predicted molar refractivity (Wildman–Crippen MR) is 66.7 cm³/mol. The van der Waals surface area contributed by atoms with Gasteiger partial charge in [0.05, 0.1) is 11.4 Å². The highest BCUT2D eigenvalue weighted by Gasteiger charge is 2.19. The quantitative estimate of drug-likeness (QED) is 0.584. The SMILES string of the molecule is CNS(=O)(=O)CCNS(=O)(=O)c1ncccc1N. The second kappa shape index (κ2) is 5.61. The van der Waals surface area contributed by atoms with E-state index in [9.17, 15) is 16.8 Å². The van der Waals surface area contributed by atoms with Gasteiger partial charge in [-0.2, -0.15) is 0 Å². The van der Waals surface area contributed by atoms with Gasteiger partial charge in [-0.1, -0.05) is 0 Å². The van der Waals surface area contributed by atoms with Crippen molar-refractivity contribution in [3.05, 3.63) is 18.3 Å². The molecule has 1 rings (SSSR count). The molecule has 102 valence electrons. The molecule has 10 heteroatoms. The molecule has 8 nitrogen and oxygen atoms in total. The molecule has 0 spiro atoms. The van der Waals surface area contributed by atoms with E-state index in [1.807, 2.05) is 0 Å². The van der Waals surface area contributed by atoms with Crippen molar-refractivity contribution in [2.75, 3.05) is 25.1 Å². The molecule has 0 radical (unpaired) electrons. The first kappa shape index (κ1) is 14.8. The van der Waals surface area contributed by atoms with Gasteiger partial charge in [0.25, 0.3) is 10.0 Å². The van der Waals surface area contributed by atoms with Crippen LogP contribution in [0, 0.1) is 0 Å². The van der Waals surface area contributed by atoms with Crippen LogP contribution in [0.25, 0.3) is 0 Å². The largest absolute Gasteiger partial charge is 0.396 e. The van der Waals surface area contributed by atoms with Crippen molar-refractivity contribution in [3.8, 4) is 0 Å². The van der Waals surface area contributed by atoms with Crippen molar-refractivity contribution in [2.24, 2.45) is 0 Å². The molecule has 0 aliphatic rings. The zero-order valence-electron chi connectivity index (χ0n) is 9.62. The maximum atomic E-state index is 11.8. The fourth-order valence-corrected chi connectivity index (χ4v) is 2.90. The standard InChI is InChI=1S/C8H14N4O4S2/c1-10-17(13,14)6-5-12-18(15,16)8-7(9)3-2-4-11-8/h2-4,10,12H,5-6,9H2,1H3. The van der Waals surface area contributed by atoms with Crippen LogP contribution in [0.1, 0.15) is 0 Å². The number of pyridine rings is 1. The monoisotopic (exact) mass is 294 g/mol. The summed E-state index contributed by atoms with van der Waals surface area (Å²) in [6, 6.07) is 2.89. The summed E-state index contributed by atoms with van der Waals surface area (Å²) >= 11 is 0. The number of aromatic nitrogens is 1. The van der Waals surface area contributed by atoms with Gasteiger partial charge in [0.1, 0.15) is 0 Å². The highest BCUT2D eigenvalue weighted by molar-refractivity contribution is 7.90. The van der Waals surface area contributed by atoms with Crippen molar-refractivity contribution in [1.82, 2.24) is 14.4 Å². The van der Waals surface area contributed by atoms with Crippen LogP contribution in [-0.2, 0) is 20.0 Å². The summed E-state index contributed by atoms with van der Waals surface area (Å²) in [6.45, 7) is -0.262. The number of anilines is 1. The summed E-state index contributed by atoms with van der Waals surface area (Å²) in [7, 11) is -6.11. The fourth-order valence-electron chi connectivity index (χ4n) is 1.11. The fraction of sp³-hybridized carbons (Fsp3) is 0.375. The molecule has 18 heavy (non-hydrogen) atoms. The van der Waals surface area contributed by atoms with Crippen LogP contribution in [0.3, 0.4) is 0 Å². The van der Waals surface area contributed by atoms with E-state index in [0.717, 1.165) is 0 Å². The molecule has 0 fully saturated rings. The molecule has 1 aromatic heterocycles. The molecule has 0 saturated heterocycles. The summed E-state index contributed by atoms with van der Waals surface area (Å²) in [5.74, 6) is -0.366. The Morgan fingerprint density at radius 2 is 2.00 bits per heavy atom. The molecular formula is C8H14N4O4S2. The molecule has 0 saturated carbocycles. The van der Waals surface area contributed by atoms with Crippen LogP contribution in [0.2, 0.25) is 0 Å². The molecule has 1 heterocycles. The number of nitrogens with two attached hydrogens (primary N) is 1. The van der Waals surface area contributed by atoms with Crippen molar-refractivity contribution in [2.45, 2.75) is 5.03 Å². The third-order valence-electron chi connectivity index (χ3n) is 2.03. The number of hydrogen-bond donors (Lipinski definition) is 3. The third kappa shape index (κ3) is 3.91. The molecule has 0 bridgehead atoms. The van der Waals surface area contributed by atoms with Gasteiger partial charge in [-0.15, -0.1) is 0 Å². The van der Waals surface area contributed by atoms with Gasteiger partial charge in [-0.3, -0.25) is 0 Å². The van der Waals surface area contributed by atoms with Crippen molar-refractivity contribution < 1.29 is 16.8 Å². The van der Waals surface area contributed by atoms with E-state index in [1.165, 1.54) is 25.4 Å². The van der Waals surface area contributed by atoms with Crippen LogP contribution >= 0.6 is 0 Å². The first-order valence-corrected chi connectivity index (χ1v) is 8.03. The zero-order chi connectivity index (χ0) is 13.8.